The number of hydrogen-bond acceptors (Lipinski definition) is 2. The highest BCUT2D eigenvalue weighted by molar-refractivity contribution is 7.13. The van der Waals surface area contributed by atoms with Crippen LogP contribution in [0.25, 0.3) is 10.6 Å². The van der Waals surface area contributed by atoms with Crippen LogP contribution >= 0.6 is 11.3 Å². The van der Waals surface area contributed by atoms with Gasteiger partial charge in [-0.25, -0.2) is 4.98 Å². The topological polar surface area (TPSA) is 12.9 Å². The summed E-state index contributed by atoms with van der Waals surface area (Å²) in [5.74, 6) is 1.15. The molecule has 0 aliphatic rings. The van der Waals surface area contributed by atoms with E-state index in [9.17, 15) is 0 Å². The zero-order chi connectivity index (χ0) is 13.1. The fourth-order valence-corrected chi connectivity index (χ4v) is 2.81. The molecule has 0 aliphatic heterocycles. The number of hydrogen-bond donors (Lipinski definition) is 0. The van der Waals surface area contributed by atoms with Gasteiger partial charge in [0.15, 0.2) is 0 Å². The molecule has 1 atom stereocenters. The third-order valence-electron chi connectivity index (χ3n) is 3.46. The van der Waals surface area contributed by atoms with Crippen LogP contribution in [0, 0.1) is 0 Å². The van der Waals surface area contributed by atoms with Crippen molar-refractivity contribution in [2.75, 3.05) is 0 Å². The van der Waals surface area contributed by atoms with Gasteiger partial charge in [-0.1, -0.05) is 52.0 Å². The van der Waals surface area contributed by atoms with E-state index in [0.717, 1.165) is 11.4 Å². The van der Waals surface area contributed by atoms with Crippen LogP contribution in [0.2, 0.25) is 0 Å². The van der Waals surface area contributed by atoms with E-state index < -0.39 is 0 Å². The van der Waals surface area contributed by atoms with Gasteiger partial charge in [-0.3, -0.25) is 0 Å². The Kier molecular flexibility index (Phi) is 4.18. The van der Waals surface area contributed by atoms with Crippen LogP contribution in [0.3, 0.4) is 0 Å². The molecule has 1 aromatic heterocycles. The molecule has 0 N–H and O–H groups in total. The standard InChI is InChI=1S/C16H21NS/c1-5-12(4)15-10-18-16(17-15)14-8-6-13(7-9-14)11(2)3/h6-12H,5H2,1-4H3. The maximum atomic E-state index is 4.74. The molecule has 18 heavy (non-hydrogen) atoms. The summed E-state index contributed by atoms with van der Waals surface area (Å²) in [4.78, 5) is 4.74. The van der Waals surface area contributed by atoms with Crippen molar-refractivity contribution < 1.29 is 0 Å². The van der Waals surface area contributed by atoms with Crippen molar-refractivity contribution in [3.63, 3.8) is 0 Å². The molecule has 1 nitrogen and oxygen atoms in total. The minimum atomic E-state index is 0.560. The quantitative estimate of drug-likeness (QED) is 0.711. The van der Waals surface area contributed by atoms with Gasteiger partial charge in [0.1, 0.15) is 5.01 Å². The third kappa shape index (κ3) is 2.81. The van der Waals surface area contributed by atoms with E-state index in [1.165, 1.54) is 16.8 Å². The van der Waals surface area contributed by atoms with E-state index in [0.29, 0.717) is 11.8 Å². The van der Waals surface area contributed by atoms with Gasteiger partial charge in [0, 0.05) is 10.9 Å². The molecule has 0 saturated heterocycles. The van der Waals surface area contributed by atoms with Crippen molar-refractivity contribution in [1.82, 2.24) is 4.98 Å². The SMILES string of the molecule is CCC(C)c1csc(-c2ccc(C(C)C)cc2)n1. The molecule has 0 spiro atoms. The molecule has 0 aliphatic carbocycles. The lowest BCUT2D eigenvalue weighted by Gasteiger charge is -2.05. The minimum absolute atomic E-state index is 0.560. The van der Waals surface area contributed by atoms with Crippen LogP contribution in [-0.2, 0) is 0 Å². The minimum Gasteiger partial charge on any atom is -0.241 e. The first-order valence-corrected chi connectivity index (χ1v) is 7.55. The number of aromatic nitrogens is 1. The van der Waals surface area contributed by atoms with Gasteiger partial charge in [-0.05, 0) is 23.8 Å². The van der Waals surface area contributed by atoms with Crippen LogP contribution in [-0.4, -0.2) is 4.98 Å². The second-order valence-electron chi connectivity index (χ2n) is 5.16. The van der Waals surface area contributed by atoms with Crippen LogP contribution in [0.5, 0.6) is 0 Å². The summed E-state index contributed by atoms with van der Waals surface area (Å²) in [5.41, 5.74) is 3.85. The Morgan fingerprint density at radius 2 is 1.78 bits per heavy atom. The van der Waals surface area contributed by atoms with Crippen molar-refractivity contribution in [1.29, 1.82) is 0 Å². The molecule has 0 fully saturated rings. The number of thiazole rings is 1. The fourth-order valence-electron chi connectivity index (χ4n) is 1.86. The first-order valence-electron chi connectivity index (χ1n) is 6.67. The predicted molar refractivity (Wildman–Crippen MR) is 80.3 cm³/mol. The summed E-state index contributed by atoms with van der Waals surface area (Å²) < 4.78 is 0. The van der Waals surface area contributed by atoms with E-state index in [-0.39, 0.29) is 0 Å². The zero-order valence-corrected chi connectivity index (χ0v) is 12.4. The Hall–Kier alpha value is -1.15. The molecule has 0 amide bonds. The number of benzene rings is 1. The average Bonchev–Trinajstić information content (AvgIpc) is 2.87. The smallest absolute Gasteiger partial charge is 0.123 e. The van der Waals surface area contributed by atoms with Crippen molar-refractivity contribution in [3.8, 4) is 10.6 Å². The molecule has 96 valence electrons. The van der Waals surface area contributed by atoms with E-state index in [2.05, 4.69) is 57.3 Å². The molecule has 2 heteroatoms. The molecule has 0 radical (unpaired) electrons. The molecule has 1 aromatic carbocycles. The van der Waals surface area contributed by atoms with Crippen molar-refractivity contribution in [2.24, 2.45) is 0 Å². The Labute approximate surface area is 114 Å². The maximum Gasteiger partial charge on any atom is 0.123 e. The highest BCUT2D eigenvalue weighted by Gasteiger charge is 2.09. The van der Waals surface area contributed by atoms with E-state index in [1.54, 1.807) is 11.3 Å². The summed E-state index contributed by atoms with van der Waals surface area (Å²) in [7, 11) is 0. The molecule has 1 unspecified atom stereocenters. The van der Waals surface area contributed by atoms with Crippen LogP contribution in [0.4, 0.5) is 0 Å². The Morgan fingerprint density at radius 3 is 2.33 bits per heavy atom. The summed E-state index contributed by atoms with van der Waals surface area (Å²) in [6.45, 7) is 8.89. The second-order valence-corrected chi connectivity index (χ2v) is 6.02. The zero-order valence-electron chi connectivity index (χ0n) is 11.6. The molecule has 0 bridgehead atoms. The van der Waals surface area contributed by atoms with Gasteiger partial charge in [-0.15, -0.1) is 11.3 Å². The largest absolute Gasteiger partial charge is 0.241 e. The van der Waals surface area contributed by atoms with Crippen LogP contribution in [0.1, 0.15) is 57.2 Å². The Bertz CT molecular complexity index is 496. The number of nitrogens with zero attached hydrogens (tertiary/aromatic N) is 1. The van der Waals surface area contributed by atoms with Gasteiger partial charge in [0.05, 0.1) is 5.69 Å². The van der Waals surface area contributed by atoms with Gasteiger partial charge >= 0.3 is 0 Å². The molecule has 0 saturated carbocycles. The lowest BCUT2D eigenvalue weighted by atomic mass is 10.0. The Morgan fingerprint density at radius 1 is 1.11 bits per heavy atom. The van der Waals surface area contributed by atoms with Gasteiger partial charge in [-0.2, -0.15) is 0 Å². The molecular formula is C16H21NS. The highest BCUT2D eigenvalue weighted by Crippen LogP contribution is 2.29. The van der Waals surface area contributed by atoms with Crippen molar-refractivity contribution >= 4 is 11.3 Å². The van der Waals surface area contributed by atoms with Gasteiger partial charge in [0.2, 0.25) is 0 Å². The van der Waals surface area contributed by atoms with Crippen LogP contribution in [0.15, 0.2) is 29.6 Å². The number of rotatable bonds is 4. The van der Waals surface area contributed by atoms with E-state index in [4.69, 9.17) is 4.98 Å². The Balaban J connectivity index is 2.23. The predicted octanol–water partition coefficient (Wildman–Crippen LogP) is 5.45. The van der Waals surface area contributed by atoms with Gasteiger partial charge in [0.25, 0.3) is 0 Å². The molecule has 2 aromatic rings. The fraction of sp³-hybridized carbons (Fsp3) is 0.438. The van der Waals surface area contributed by atoms with Crippen LogP contribution < -0.4 is 0 Å². The monoisotopic (exact) mass is 259 g/mol. The van der Waals surface area contributed by atoms with Crippen molar-refractivity contribution in [2.45, 2.75) is 46.0 Å². The lowest BCUT2D eigenvalue weighted by molar-refractivity contribution is 0.714. The third-order valence-corrected chi connectivity index (χ3v) is 4.37. The highest BCUT2D eigenvalue weighted by atomic mass is 32.1. The maximum absolute atomic E-state index is 4.74. The average molecular weight is 259 g/mol. The first-order chi connectivity index (χ1) is 8.61. The summed E-state index contributed by atoms with van der Waals surface area (Å²) in [6.07, 6.45) is 1.15. The second kappa shape index (κ2) is 5.66. The molecule has 2 rings (SSSR count). The lowest BCUT2D eigenvalue weighted by Crippen LogP contribution is -1.91. The first kappa shape index (κ1) is 13.3. The van der Waals surface area contributed by atoms with Gasteiger partial charge < -0.3 is 0 Å². The summed E-state index contributed by atoms with van der Waals surface area (Å²) in [5, 5.41) is 3.33. The summed E-state index contributed by atoms with van der Waals surface area (Å²) >= 11 is 1.75. The summed E-state index contributed by atoms with van der Waals surface area (Å²) in [6, 6.07) is 8.80. The molecular weight excluding hydrogens is 238 g/mol. The molecule has 1 heterocycles. The normalized spacial score (nSPS) is 12.9. The van der Waals surface area contributed by atoms with E-state index in [1.807, 2.05) is 0 Å². The van der Waals surface area contributed by atoms with E-state index >= 15 is 0 Å². The van der Waals surface area contributed by atoms with Crippen molar-refractivity contribution in [3.05, 3.63) is 40.9 Å².